The van der Waals surface area contributed by atoms with Crippen molar-refractivity contribution >= 4 is 0 Å². The Kier molecular flexibility index (Phi) is 4.55. The van der Waals surface area contributed by atoms with Gasteiger partial charge in [-0.2, -0.15) is 0 Å². The number of allylic oxidation sites excluding steroid dienone is 16. The molecule has 5 aliphatic rings. The lowest BCUT2D eigenvalue weighted by molar-refractivity contribution is -0.451. The number of nitrogens with zero attached hydrogens (tertiary/aromatic N) is 2. The zero-order chi connectivity index (χ0) is 24.2. The molecule has 172 valence electrons. The Balaban J connectivity index is 1.40. The fourth-order valence-corrected chi connectivity index (χ4v) is 5.06. The van der Waals surface area contributed by atoms with E-state index in [1.54, 1.807) is 12.2 Å². The van der Waals surface area contributed by atoms with Crippen LogP contribution < -0.4 is 11.5 Å². The zero-order valence-corrected chi connectivity index (χ0v) is 18.3. The summed E-state index contributed by atoms with van der Waals surface area (Å²) in [6, 6.07) is 0. The molecule has 0 atom stereocenters. The molecule has 0 amide bonds. The molecule has 0 aliphatic heterocycles. The highest BCUT2D eigenvalue weighted by Gasteiger charge is 2.39. The first-order chi connectivity index (χ1) is 16.1. The monoisotopic (exact) mass is 456 g/mol. The predicted octanol–water partition coefficient (Wildman–Crippen LogP) is 4.12. The molecule has 0 bridgehead atoms. The van der Waals surface area contributed by atoms with E-state index in [2.05, 4.69) is 48.6 Å². The van der Waals surface area contributed by atoms with E-state index < -0.39 is 26.1 Å². The van der Waals surface area contributed by atoms with Crippen molar-refractivity contribution in [2.24, 2.45) is 33.1 Å². The number of nitrogens with two attached hydrogens (primary N) is 2. The molecule has 0 aromatic carbocycles. The van der Waals surface area contributed by atoms with E-state index in [9.17, 15) is 20.2 Å². The van der Waals surface area contributed by atoms with Crippen molar-refractivity contribution in [3.63, 3.8) is 0 Å². The Morgan fingerprint density at radius 2 is 0.824 bits per heavy atom. The Hall–Kier alpha value is -4.20. The van der Waals surface area contributed by atoms with Crippen molar-refractivity contribution in [2.45, 2.75) is 12.8 Å². The van der Waals surface area contributed by atoms with Gasteiger partial charge in [-0.1, -0.05) is 72.9 Å². The van der Waals surface area contributed by atoms with Crippen LogP contribution in [0.4, 0.5) is 0 Å². The summed E-state index contributed by atoms with van der Waals surface area (Å²) in [6.45, 7) is 0. The molecule has 5 aliphatic carbocycles. The highest BCUT2D eigenvalue weighted by molar-refractivity contribution is 5.51. The largest absolute Gasteiger partial charge is 0.402 e. The summed E-state index contributed by atoms with van der Waals surface area (Å²) < 4.78 is 0. The fraction of sp³-hybridized carbons (Fsp3) is 0.231. The van der Waals surface area contributed by atoms with Crippen molar-refractivity contribution in [3.8, 4) is 0 Å². The fourth-order valence-electron chi connectivity index (χ4n) is 5.06. The van der Waals surface area contributed by atoms with Gasteiger partial charge in [0.25, 0.3) is 11.4 Å². The minimum absolute atomic E-state index is 0.174. The second-order valence-corrected chi connectivity index (χ2v) is 9.58. The molecule has 34 heavy (non-hydrogen) atoms. The first-order valence-corrected chi connectivity index (χ1v) is 10.9. The molecule has 0 saturated heterocycles. The number of rotatable bonds is 2. The van der Waals surface area contributed by atoms with Gasteiger partial charge in [0, 0.05) is 46.2 Å². The Morgan fingerprint density at radius 3 is 1.15 bits per heavy atom. The van der Waals surface area contributed by atoms with E-state index >= 15 is 0 Å². The maximum atomic E-state index is 11.3. The number of hydrogen-bond donors (Lipinski definition) is 2. The third-order valence-corrected chi connectivity index (χ3v) is 6.91. The Bertz CT molecular complexity index is 1200. The average Bonchev–Trinajstić information content (AvgIpc) is 2.79. The van der Waals surface area contributed by atoms with Gasteiger partial charge in [0.2, 0.25) is 0 Å². The molecule has 5 rings (SSSR count). The van der Waals surface area contributed by atoms with E-state index in [1.807, 2.05) is 24.3 Å². The van der Waals surface area contributed by atoms with E-state index in [4.69, 9.17) is 11.5 Å². The van der Waals surface area contributed by atoms with Crippen LogP contribution in [0.15, 0.2) is 120 Å². The highest BCUT2D eigenvalue weighted by Crippen LogP contribution is 2.47. The topological polar surface area (TPSA) is 138 Å². The van der Waals surface area contributed by atoms with Crippen LogP contribution in [0.25, 0.3) is 0 Å². The standard InChI is InChI=1S/C26H24N4O4/c27-19-13-20(28)16-25(15-19)9-5-23(6-10-25)1-3-24(4-2-23)7-11-26(12-8-24)17-21(29(31)32)14-22(18-26)30(33)34/h1-12,15-18H,13-14,27-28H2. The molecule has 8 heteroatoms. The third kappa shape index (κ3) is 3.67. The molecular weight excluding hydrogens is 432 g/mol. The van der Waals surface area contributed by atoms with Gasteiger partial charge >= 0.3 is 0 Å². The van der Waals surface area contributed by atoms with E-state index in [1.165, 1.54) is 12.2 Å². The lowest BCUT2D eigenvalue weighted by Crippen LogP contribution is -2.28. The molecule has 0 aromatic rings. The molecule has 0 fully saturated rings. The smallest absolute Gasteiger partial charge is 0.254 e. The molecule has 8 nitrogen and oxygen atoms in total. The lowest BCUT2D eigenvalue weighted by atomic mass is 9.66. The van der Waals surface area contributed by atoms with Crippen LogP contribution in [0.5, 0.6) is 0 Å². The van der Waals surface area contributed by atoms with Crippen LogP contribution in [-0.4, -0.2) is 9.85 Å². The van der Waals surface area contributed by atoms with Crippen LogP contribution in [0.2, 0.25) is 0 Å². The van der Waals surface area contributed by atoms with Gasteiger partial charge in [0.1, 0.15) is 6.42 Å². The molecule has 0 aromatic heterocycles. The van der Waals surface area contributed by atoms with E-state index in [0.29, 0.717) is 6.42 Å². The first kappa shape index (κ1) is 21.6. The minimum Gasteiger partial charge on any atom is -0.402 e. The van der Waals surface area contributed by atoms with Crippen LogP contribution in [-0.2, 0) is 0 Å². The van der Waals surface area contributed by atoms with Crippen LogP contribution in [0, 0.1) is 41.9 Å². The summed E-state index contributed by atoms with van der Waals surface area (Å²) in [5.74, 6) is 0. The zero-order valence-electron chi connectivity index (χ0n) is 18.3. The maximum Gasteiger partial charge on any atom is 0.254 e. The van der Waals surface area contributed by atoms with Gasteiger partial charge in [0.15, 0.2) is 0 Å². The minimum atomic E-state index is -0.984. The number of nitro groups is 2. The van der Waals surface area contributed by atoms with Crippen LogP contribution in [0.1, 0.15) is 12.8 Å². The highest BCUT2D eigenvalue weighted by atomic mass is 16.6. The van der Waals surface area contributed by atoms with Gasteiger partial charge in [-0.3, -0.25) is 20.2 Å². The quantitative estimate of drug-likeness (QED) is 0.364. The van der Waals surface area contributed by atoms with Crippen molar-refractivity contribution in [1.29, 1.82) is 0 Å². The molecule has 0 unspecified atom stereocenters. The van der Waals surface area contributed by atoms with Crippen molar-refractivity contribution in [3.05, 3.63) is 140 Å². The van der Waals surface area contributed by atoms with Crippen LogP contribution in [0.3, 0.4) is 0 Å². The lowest BCUT2D eigenvalue weighted by Gasteiger charge is -2.37. The normalized spacial score (nSPS) is 25.9. The van der Waals surface area contributed by atoms with Crippen molar-refractivity contribution in [1.82, 2.24) is 0 Å². The molecule has 0 saturated carbocycles. The summed E-state index contributed by atoms with van der Waals surface area (Å²) in [4.78, 5) is 21.6. The summed E-state index contributed by atoms with van der Waals surface area (Å²) in [6.07, 6.45) is 31.4. The summed E-state index contributed by atoms with van der Waals surface area (Å²) in [5, 5.41) is 22.7. The van der Waals surface area contributed by atoms with Crippen molar-refractivity contribution in [2.75, 3.05) is 0 Å². The second kappa shape index (κ2) is 7.15. The van der Waals surface area contributed by atoms with Crippen LogP contribution >= 0.6 is 0 Å². The van der Waals surface area contributed by atoms with Gasteiger partial charge in [0.05, 0.1) is 15.3 Å². The second-order valence-electron chi connectivity index (χ2n) is 9.58. The summed E-state index contributed by atoms with van der Waals surface area (Å²) >= 11 is 0. The van der Waals surface area contributed by atoms with Gasteiger partial charge in [-0.15, -0.1) is 0 Å². The Morgan fingerprint density at radius 1 is 0.529 bits per heavy atom. The average molecular weight is 457 g/mol. The van der Waals surface area contributed by atoms with Gasteiger partial charge < -0.3 is 11.5 Å². The molecule has 0 heterocycles. The molecule has 4 spiro atoms. The molecule has 0 radical (unpaired) electrons. The molecular formula is C26H24N4O4. The molecule has 4 N–H and O–H groups in total. The summed E-state index contributed by atoms with van der Waals surface area (Å²) in [5.41, 5.74) is 11.0. The maximum absolute atomic E-state index is 11.3. The third-order valence-electron chi connectivity index (χ3n) is 6.91. The van der Waals surface area contributed by atoms with E-state index in [-0.39, 0.29) is 23.2 Å². The predicted molar refractivity (Wildman–Crippen MR) is 129 cm³/mol. The SMILES string of the molecule is NC1=CC2(C=CC3(C=CC4(C=C3)C=CC3(C=C4)C=C([N+](=O)[O-])CC([N+](=O)[O-])=C3)C=C2)C=C(N)C1. The van der Waals surface area contributed by atoms with E-state index in [0.717, 1.165) is 11.4 Å². The Labute approximate surface area is 196 Å². The first-order valence-electron chi connectivity index (χ1n) is 10.9. The van der Waals surface area contributed by atoms with Gasteiger partial charge in [-0.25, -0.2) is 0 Å². The van der Waals surface area contributed by atoms with Crippen molar-refractivity contribution < 1.29 is 9.85 Å². The van der Waals surface area contributed by atoms with Gasteiger partial charge in [-0.05, 0) is 12.2 Å². The summed E-state index contributed by atoms with van der Waals surface area (Å²) in [7, 11) is 0. The number of hydrogen-bond acceptors (Lipinski definition) is 6.